The van der Waals surface area contributed by atoms with Crippen molar-refractivity contribution in [3.05, 3.63) is 35.4 Å². The highest BCUT2D eigenvalue weighted by molar-refractivity contribution is 6.40. The van der Waals surface area contributed by atoms with Gasteiger partial charge in [-0.1, -0.05) is 25.0 Å². The van der Waals surface area contributed by atoms with Gasteiger partial charge in [0.25, 0.3) is 0 Å². The molecule has 162 valence electrons. The molecule has 1 saturated heterocycles. The fourth-order valence-electron chi connectivity index (χ4n) is 3.54. The molecule has 10 heteroatoms. The van der Waals surface area contributed by atoms with E-state index in [0.717, 1.165) is 62.9 Å². The number of unbranched alkanes of at least 4 members (excludes halogenated alkanes) is 1. The molecule has 0 spiro atoms. The van der Waals surface area contributed by atoms with Crippen molar-refractivity contribution in [3.8, 4) is 0 Å². The van der Waals surface area contributed by atoms with Crippen LogP contribution in [0.2, 0.25) is 6.32 Å². The molecule has 0 aliphatic carbocycles. The van der Waals surface area contributed by atoms with E-state index >= 15 is 0 Å². The molecule has 2 rings (SSSR count). The van der Waals surface area contributed by atoms with Crippen LogP contribution in [0.3, 0.4) is 0 Å². The zero-order valence-corrected chi connectivity index (χ0v) is 16.3. The normalized spacial score (nSPS) is 16.5. The van der Waals surface area contributed by atoms with Gasteiger partial charge in [0.15, 0.2) is 0 Å². The Morgan fingerprint density at radius 1 is 1.14 bits per heavy atom. The summed E-state index contributed by atoms with van der Waals surface area (Å²) in [6, 6.07) is 5.51. The van der Waals surface area contributed by atoms with Crippen LogP contribution in [0, 0.1) is 5.92 Å². The van der Waals surface area contributed by atoms with Crippen LogP contribution < -0.4 is 5.73 Å². The summed E-state index contributed by atoms with van der Waals surface area (Å²) < 4.78 is 37.8. The van der Waals surface area contributed by atoms with Gasteiger partial charge in [-0.15, -0.1) is 0 Å². The van der Waals surface area contributed by atoms with Crippen molar-refractivity contribution < 1.29 is 32.8 Å². The first-order valence-corrected chi connectivity index (χ1v) is 9.66. The van der Waals surface area contributed by atoms with E-state index in [1.54, 1.807) is 12.1 Å². The third kappa shape index (κ3) is 10.1. The number of likely N-dealkylation sites (tertiary alicyclic amines) is 1. The number of halogens is 3. The summed E-state index contributed by atoms with van der Waals surface area (Å²) in [6.45, 7) is 2.46. The van der Waals surface area contributed by atoms with Crippen LogP contribution >= 0.6 is 0 Å². The molecule has 0 saturated carbocycles. The predicted molar refractivity (Wildman–Crippen MR) is 101 cm³/mol. The van der Waals surface area contributed by atoms with Crippen LogP contribution in [0.5, 0.6) is 0 Å². The molecule has 1 heterocycles. The number of hydrogen-bond acceptors (Lipinski definition) is 6. The molecule has 1 unspecified atom stereocenters. The number of alkyl halides is 3. The van der Waals surface area contributed by atoms with Gasteiger partial charge in [0, 0.05) is 12.6 Å². The lowest BCUT2D eigenvalue weighted by Gasteiger charge is -2.35. The third-order valence-corrected chi connectivity index (χ3v) is 5.17. The second kappa shape index (κ2) is 12.8. The van der Waals surface area contributed by atoms with Crippen molar-refractivity contribution in [2.24, 2.45) is 11.7 Å². The monoisotopic (exact) mass is 416 g/mol. The molecule has 4 N–H and O–H groups in total. The standard InChI is InChI=1S/C18H28BF3N2O2.CO2/c20-18(21,22)16-6-4-14(5-7-16)13-24-11-8-15(9-12-24)17(23)3-1-2-10-19(25)26;2-1-3/h4-7,15,17,25-26H,1-3,8-13,23H2;. The highest BCUT2D eigenvalue weighted by Crippen LogP contribution is 2.29. The molecule has 29 heavy (non-hydrogen) atoms. The minimum absolute atomic E-state index is 0.124. The zero-order valence-electron chi connectivity index (χ0n) is 16.3. The smallest absolute Gasteiger partial charge is 0.427 e. The minimum Gasteiger partial charge on any atom is -0.427 e. The summed E-state index contributed by atoms with van der Waals surface area (Å²) in [7, 11) is -1.24. The van der Waals surface area contributed by atoms with E-state index in [4.69, 9.17) is 25.4 Å². The van der Waals surface area contributed by atoms with E-state index in [-0.39, 0.29) is 12.2 Å². The molecule has 1 atom stereocenters. The number of nitrogens with zero attached hydrogens (tertiary/aromatic N) is 1. The molecular formula is C19H28BF3N2O4. The fraction of sp³-hybridized carbons (Fsp3) is 0.632. The number of benzene rings is 1. The fourth-order valence-corrected chi connectivity index (χ4v) is 3.54. The summed E-state index contributed by atoms with van der Waals surface area (Å²) in [4.78, 5) is 18.5. The zero-order chi connectivity index (χ0) is 21.9. The summed E-state index contributed by atoms with van der Waals surface area (Å²) in [5.74, 6) is 0.456. The van der Waals surface area contributed by atoms with E-state index in [1.807, 2.05) is 0 Å². The molecule has 1 aliphatic rings. The molecule has 1 fully saturated rings. The van der Waals surface area contributed by atoms with Crippen LogP contribution in [0.4, 0.5) is 13.2 Å². The molecule has 1 aliphatic heterocycles. The van der Waals surface area contributed by atoms with Gasteiger partial charge in [-0.2, -0.15) is 22.8 Å². The van der Waals surface area contributed by atoms with Crippen molar-refractivity contribution in [1.82, 2.24) is 4.90 Å². The Morgan fingerprint density at radius 2 is 1.69 bits per heavy atom. The first-order chi connectivity index (χ1) is 13.7. The molecule has 0 amide bonds. The number of hydrogen-bond donors (Lipinski definition) is 3. The predicted octanol–water partition coefficient (Wildman–Crippen LogP) is 2.30. The van der Waals surface area contributed by atoms with Gasteiger partial charge in [0.05, 0.1) is 5.56 Å². The highest BCUT2D eigenvalue weighted by Gasteiger charge is 2.30. The quantitative estimate of drug-likeness (QED) is 0.444. The van der Waals surface area contributed by atoms with E-state index in [0.29, 0.717) is 18.8 Å². The maximum atomic E-state index is 12.6. The van der Waals surface area contributed by atoms with E-state index in [2.05, 4.69) is 4.90 Å². The third-order valence-electron chi connectivity index (χ3n) is 5.17. The number of carbonyl (C=O) groups excluding carboxylic acids is 2. The summed E-state index contributed by atoms with van der Waals surface area (Å²) >= 11 is 0. The maximum Gasteiger partial charge on any atom is 0.451 e. The Kier molecular flexibility index (Phi) is 11.2. The molecule has 6 nitrogen and oxygen atoms in total. The van der Waals surface area contributed by atoms with Crippen molar-refractivity contribution in [3.63, 3.8) is 0 Å². The first-order valence-electron chi connectivity index (χ1n) is 9.66. The number of piperidine rings is 1. The van der Waals surface area contributed by atoms with Gasteiger partial charge in [0.2, 0.25) is 0 Å². The molecule has 0 aromatic heterocycles. The lowest BCUT2D eigenvalue weighted by atomic mass is 9.82. The van der Waals surface area contributed by atoms with Crippen LogP contribution in [0.25, 0.3) is 0 Å². The van der Waals surface area contributed by atoms with E-state index in [1.165, 1.54) is 0 Å². The van der Waals surface area contributed by atoms with E-state index < -0.39 is 18.9 Å². The highest BCUT2D eigenvalue weighted by atomic mass is 19.4. The molecule has 0 bridgehead atoms. The van der Waals surface area contributed by atoms with Gasteiger partial charge < -0.3 is 15.8 Å². The number of rotatable bonds is 8. The van der Waals surface area contributed by atoms with Crippen LogP contribution in [0.1, 0.15) is 43.2 Å². The molecule has 1 aromatic carbocycles. The summed E-state index contributed by atoms with van der Waals surface area (Å²) in [5, 5.41) is 17.7. The van der Waals surface area contributed by atoms with Gasteiger partial charge in [0.1, 0.15) is 0 Å². The Balaban J connectivity index is 0.00000132. The Morgan fingerprint density at radius 3 is 2.17 bits per heavy atom. The van der Waals surface area contributed by atoms with Crippen LogP contribution in [-0.2, 0) is 22.3 Å². The second-order valence-corrected chi connectivity index (χ2v) is 7.32. The first kappa shape index (κ1) is 25.3. The molecular weight excluding hydrogens is 388 g/mol. The topological polar surface area (TPSA) is 104 Å². The lowest BCUT2D eigenvalue weighted by Crippen LogP contribution is -2.40. The molecule has 1 aromatic rings. The average Bonchev–Trinajstić information content (AvgIpc) is 2.66. The Hall–Kier alpha value is -1.71. The second-order valence-electron chi connectivity index (χ2n) is 7.32. The Bertz CT molecular complexity index is 615. The van der Waals surface area contributed by atoms with Gasteiger partial charge in [-0.3, -0.25) is 4.90 Å². The van der Waals surface area contributed by atoms with Gasteiger partial charge in [-0.25, -0.2) is 0 Å². The SMILES string of the molecule is NC(CCCCB(O)O)C1CCN(Cc2ccc(C(F)(F)F)cc2)CC1.O=C=O. The Labute approximate surface area is 169 Å². The van der Waals surface area contributed by atoms with Crippen molar-refractivity contribution in [1.29, 1.82) is 0 Å². The largest absolute Gasteiger partial charge is 0.451 e. The lowest BCUT2D eigenvalue weighted by molar-refractivity contribution is -0.191. The number of nitrogens with two attached hydrogens (primary N) is 1. The van der Waals surface area contributed by atoms with Crippen LogP contribution in [-0.4, -0.2) is 47.3 Å². The van der Waals surface area contributed by atoms with E-state index in [9.17, 15) is 13.2 Å². The molecule has 0 radical (unpaired) electrons. The minimum atomic E-state index is -4.29. The van der Waals surface area contributed by atoms with Crippen molar-refractivity contribution in [2.45, 2.75) is 57.2 Å². The van der Waals surface area contributed by atoms with Gasteiger partial charge in [-0.05, 0) is 62.3 Å². The maximum absolute atomic E-state index is 12.6. The van der Waals surface area contributed by atoms with Crippen LogP contribution in [0.15, 0.2) is 24.3 Å². The summed E-state index contributed by atoms with van der Waals surface area (Å²) in [5.41, 5.74) is 6.55. The average molecular weight is 416 g/mol. The van der Waals surface area contributed by atoms with Gasteiger partial charge >= 0.3 is 19.4 Å². The summed E-state index contributed by atoms with van der Waals surface area (Å²) in [6.07, 6.45) is 0.869. The van der Waals surface area contributed by atoms with Crippen molar-refractivity contribution in [2.75, 3.05) is 13.1 Å². The van der Waals surface area contributed by atoms with Crippen molar-refractivity contribution >= 4 is 13.3 Å².